The molecule has 0 amide bonds. The van der Waals surface area contributed by atoms with Gasteiger partial charge in [-0.05, 0) is 24.1 Å². The number of nitrogens with one attached hydrogen (secondary N) is 2. The normalized spacial score (nSPS) is 17.3. The lowest BCUT2D eigenvalue weighted by Gasteiger charge is -2.27. The number of aryl methyl sites for hydroxylation is 1. The molecule has 0 atom stereocenters. The van der Waals surface area contributed by atoms with Crippen LogP contribution in [0.2, 0.25) is 0 Å². The number of hydrogen-bond donors (Lipinski definition) is 2. The third-order valence-electron chi connectivity index (χ3n) is 3.10. The first-order chi connectivity index (χ1) is 8.25. The van der Waals surface area contributed by atoms with Crippen LogP contribution in [0.5, 0.6) is 0 Å². The van der Waals surface area contributed by atoms with Gasteiger partial charge in [0.1, 0.15) is 5.82 Å². The van der Waals surface area contributed by atoms with Crippen LogP contribution in [0, 0.1) is 12.7 Å². The van der Waals surface area contributed by atoms with Gasteiger partial charge in [0.25, 0.3) is 0 Å². The van der Waals surface area contributed by atoms with Crippen LogP contribution < -0.4 is 10.6 Å². The Balaban J connectivity index is 1.75. The molecule has 4 heteroatoms. The van der Waals surface area contributed by atoms with Gasteiger partial charge in [-0.3, -0.25) is 4.90 Å². The summed E-state index contributed by atoms with van der Waals surface area (Å²) < 4.78 is 13.1. The molecule has 1 aliphatic heterocycles. The van der Waals surface area contributed by atoms with Crippen LogP contribution in [-0.4, -0.2) is 37.7 Å². The molecule has 0 saturated carbocycles. The molecule has 1 heterocycles. The molecule has 1 saturated heterocycles. The molecule has 0 radical (unpaired) electrons. The molecule has 0 spiro atoms. The summed E-state index contributed by atoms with van der Waals surface area (Å²) >= 11 is 0. The molecule has 1 aromatic rings. The average molecular weight is 237 g/mol. The minimum atomic E-state index is -0.129. The molecule has 1 aliphatic rings. The maximum atomic E-state index is 13.1. The predicted molar refractivity (Wildman–Crippen MR) is 67.3 cm³/mol. The highest BCUT2D eigenvalue weighted by Gasteiger charge is 2.08. The van der Waals surface area contributed by atoms with Crippen molar-refractivity contribution in [1.29, 1.82) is 0 Å². The number of piperazine rings is 1. The molecular formula is C13H20FN3. The van der Waals surface area contributed by atoms with Gasteiger partial charge in [0.15, 0.2) is 0 Å². The zero-order valence-electron chi connectivity index (χ0n) is 10.3. The van der Waals surface area contributed by atoms with E-state index < -0.39 is 0 Å². The second kappa shape index (κ2) is 6.10. The van der Waals surface area contributed by atoms with Crippen LogP contribution >= 0.6 is 0 Å². The van der Waals surface area contributed by atoms with Gasteiger partial charge in [0, 0.05) is 39.4 Å². The van der Waals surface area contributed by atoms with E-state index in [2.05, 4.69) is 15.5 Å². The Labute approximate surface area is 102 Å². The van der Waals surface area contributed by atoms with Crippen molar-refractivity contribution in [3.63, 3.8) is 0 Å². The van der Waals surface area contributed by atoms with E-state index in [1.54, 1.807) is 6.92 Å². The van der Waals surface area contributed by atoms with Crippen LogP contribution in [-0.2, 0) is 6.54 Å². The smallest absolute Gasteiger partial charge is 0.126 e. The molecule has 0 bridgehead atoms. The Morgan fingerprint density at radius 3 is 2.82 bits per heavy atom. The van der Waals surface area contributed by atoms with E-state index >= 15 is 0 Å². The largest absolute Gasteiger partial charge is 0.314 e. The first-order valence-corrected chi connectivity index (χ1v) is 6.14. The second-order valence-electron chi connectivity index (χ2n) is 4.54. The van der Waals surface area contributed by atoms with Gasteiger partial charge < -0.3 is 10.6 Å². The van der Waals surface area contributed by atoms with Crippen molar-refractivity contribution in [3.8, 4) is 0 Å². The molecule has 2 rings (SSSR count). The highest BCUT2D eigenvalue weighted by Crippen LogP contribution is 2.08. The Bertz CT molecular complexity index is 362. The Morgan fingerprint density at radius 1 is 1.35 bits per heavy atom. The van der Waals surface area contributed by atoms with Crippen LogP contribution in [0.15, 0.2) is 18.2 Å². The lowest BCUT2D eigenvalue weighted by atomic mass is 10.1. The Kier molecular flexibility index (Phi) is 4.48. The fourth-order valence-electron chi connectivity index (χ4n) is 2.04. The SMILES string of the molecule is Cc1cc(CNCN2CCNCC2)ccc1F. The number of benzene rings is 1. The van der Waals surface area contributed by atoms with Crippen LogP contribution in [0.25, 0.3) is 0 Å². The summed E-state index contributed by atoms with van der Waals surface area (Å²) in [5, 5.41) is 6.72. The van der Waals surface area contributed by atoms with Gasteiger partial charge in [0.2, 0.25) is 0 Å². The zero-order chi connectivity index (χ0) is 12.1. The van der Waals surface area contributed by atoms with E-state index in [-0.39, 0.29) is 5.82 Å². The summed E-state index contributed by atoms with van der Waals surface area (Å²) in [5.41, 5.74) is 1.85. The minimum absolute atomic E-state index is 0.129. The third-order valence-corrected chi connectivity index (χ3v) is 3.10. The molecule has 0 aromatic heterocycles. The fourth-order valence-corrected chi connectivity index (χ4v) is 2.04. The summed E-state index contributed by atoms with van der Waals surface area (Å²) in [6.07, 6.45) is 0. The summed E-state index contributed by atoms with van der Waals surface area (Å²) in [5.74, 6) is -0.129. The van der Waals surface area contributed by atoms with E-state index in [1.807, 2.05) is 12.1 Å². The number of rotatable bonds is 4. The lowest BCUT2D eigenvalue weighted by molar-refractivity contribution is 0.223. The monoisotopic (exact) mass is 237 g/mol. The molecule has 1 aromatic carbocycles. The van der Waals surface area contributed by atoms with E-state index in [0.29, 0.717) is 5.56 Å². The maximum absolute atomic E-state index is 13.1. The van der Waals surface area contributed by atoms with Gasteiger partial charge >= 0.3 is 0 Å². The molecule has 0 unspecified atom stereocenters. The minimum Gasteiger partial charge on any atom is -0.314 e. The highest BCUT2D eigenvalue weighted by molar-refractivity contribution is 5.23. The van der Waals surface area contributed by atoms with E-state index in [4.69, 9.17) is 0 Å². The zero-order valence-corrected chi connectivity index (χ0v) is 10.3. The third kappa shape index (κ3) is 3.77. The molecule has 1 fully saturated rings. The van der Waals surface area contributed by atoms with Crippen molar-refractivity contribution in [2.75, 3.05) is 32.8 Å². The van der Waals surface area contributed by atoms with Crippen molar-refractivity contribution in [3.05, 3.63) is 35.1 Å². The summed E-state index contributed by atoms with van der Waals surface area (Å²) in [4.78, 5) is 2.38. The number of halogens is 1. The van der Waals surface area contributed by atoms with Crippen LogP contribution in [0.3, 0.4) is 0 Å². The van der Waals surface area contributed by atoms with Crippen molar-refractivity contribution >= 4 is 0 Å². The quantitative estimate of drug-likeness (QED) is 0.821. The van der Waals surface area contributed by atoms with Crippen molar-refractivity contribution in [2.24, 2.45) is 0 Å². The Morgan fingerprint density at radius 2 is 2.12 bits per heavy atom. The molecule has 0 aliphatic carbocycles. The van der Waals surface area contributed by atoms with Gasteiger partial charge in [0.05, 0.1) is 0 Å². The van der Waals surface area contributed by atoms with E-state index in [9.17, 15) is 4.39 Å². The summed E-state index contributed by atoms with van der Waals surface area (Å²) in [6.45, 7) is 7.82. The topological polar surface area (TPSA) is 27.3 Å². The maximum Gasteiger partial charge on any atom is 0.126 e. The first-order valence-electron chi connectivity index (χ1n) is 6.14. The summed E-state index contributed by atoms with van der Waals surface area (Å²) in [6, 6.07) is 5.28. The lowest BCUT2D eigenvalue weighted by Crippen LogP contribution is -2.46. The van der Waals surface area contributed by atoms with E-state index in [0.717, 1.165) is 45.0 Å². The molecule has 3 nitrogen and oxygen atoms in total. The second-order valence-corrected chi connectivity index (χ2v) is 4.54. The molecule has 17 heavy (non-hydrogen) atoms. The molecular weight excluding hydrogens is 217 g/mol. The Hall–Kier alpha value is -0.970. The highest BCUT2D eigenvalue weighted by atomic mass is 19.1. The van der Waals surface area contributed by atoms with Crippen molar-refractivity contribution in [1.82, 2.24) is 15.5 Å². The number of nitrogens with zero attached hydrogens (tertiary/aromatic N) is 1. The van der Waals surface area contributed by atoms with Gasteiger partial charge in [-0.25, -0.2) is 4.39 Å². The van der Waals surface area contributed by atoms with Crippen LogP contribution in [0.4, 0.5) is 4.39 Å². The van der Waals surface area contributed by atoms with E-state index in [1.165, 1.54) is 6.07 Å². The standard InChI is InChI=1S/C13H20FN3/c1-11-8-12(2-3-13(11)14)9-16-10-17-6-4-15-5-7-17/h2-3,8,15-16H,4-7,9-10H2,1H3. The summed E-state index contributed by atoms with van der Waals surface area (Å²) in [7, 11) is 0. The van der Waals surface area contributed by atoms with Gasteiger partial charge in [-0.1, -0.05) is 12.1 Å². The molecule has 2 N–H and O–H groups in total. The van der Waals surface area contributed by atoms with Gasteiger partial charge in [-0.2, -0.15) is 0 Å². The van der Waals surface area contributed by atoms with Crippen molar-refractivity contribution in [2.45, 2.75) is 13.5 Å². The first kappa shape index (κ1) is 12.5. The average Bonchev–Trinajstić information content (AvgIpc) is 2.35. The number of hydrogen-bond acceptors (Lipinski definition) is 3. The predicted octanol–water partition coefficient (Wildman–Crippen LogP) is 1.09. The van der Waals surface area contributed by atoms with Gasteiger partial charge in [-0.15, -0.1) is 0 Å². The van der Waals surface area contributed by atoms with Crippen LogP contribution in [0.1, 0.15) is 11.1 Å². The molecule has 94 valence electrons. The van der Waals surface area contributed by atoms with Crippen molar-refractivity contribution < 1.29 is 4.39 Å². The fraction of sp³-hybridized carbons (Fsp3) is 0.538.